The first-order valence-electron chi connectivity index (χ1n) is 9.66. The highest BCUT2D eigenvalue weighted by molar-refractivity contribution is 7.25. The number of thiophene rings is 1. The molecule has 0 spiro atoms. The second-order valence-electron chi connectivity index (χ2n) is 7.39. The zero-order valence-corrected chi connectivity index (χ0v) is 18.7. The van der Waals surface area contributed by atoms with Gasteiger partial charge >= 0.3 is 11.9 Å². The molecule has 0 fully saturated rings. The average molecular weight is 439 g/mol. The van der Waals surface area contributed by atoms with E-state index in [1.807, 2.05) is 35.9 Å². The van der Waals surface area contributed by atoms with E-state index in [9.17, 15) is 14.4 Å². The first kappa shape index (κ1) is 20.9. The fourth-order valence-corrected chi connectivity index (χ4v) is 5.43. The molecule has 1 aromatic carbocycles. The molecular weight excluding hydrogens is 416 g/mol. The van der Waals surface area contributed by atoms with Crippen LogP contribution in [0.5, 0.6) is 0 Å². The Morgan fingerprint density at radius 1 is 1.03 bits per heavy atom. The van der Waals surface area contributed by atoms with E-state index in [4.69, 9.17) is 9.47 Å². The lowest BCUT2D eigenvalue weighted by Crippen LogP contribution is -2.33. The summed E-state index contributed by atoms with van der Waals surface area (Å²) in [6.07, 6.45) is 0. The highest BCUT2D eigenvalue weighted by atomic mass is 32.1. The average Bonchev–Trinajstić information content (AvgIpc) is 3.15. The minimum Gasteiger partial charge on any atom is -0.466 e. The molecule has 0 bridgehead atoms. The third-order valence-electron chi connectivity index (χ3n) is 5.66. The molecule has 8 heteroatoms. The number of methoxy groups -OCH3 is 2. The lowest BCUT2D eigenvalue weighted by molar-refractivity contribution is -0.137. The van der Waals surface area contributed by atoms with E-state index in [2.05, 4.69) is 5.32 Å². The number of benzene rings is 1. The van der Waals surface area contributed by atoms with Gasteiger partial charge in [0.2, 0.25) is 0 Å². The fraction of sp³-hybridized carbons (Fsp3) is 0.261. The lowest BCUT2D eigenvalue weighted by atomic mass is 9.82. The number of esters is 2. The molecule has 4 rings (SSSR count). The number of nitrogens with one attached hydrogen (secondary N) is 1. The monoisotopic (exact) mass is 438 g/mol. The number of hydrogen-bond donors (Lipinski definition) is 1. The van der Waals surface area contributed by atoms with E-state index in [0.29, 0.717) is 21.8 Å². The Morgan fingerprint density at radius 2 is 1.61 bits per heavy atom. The number of rotatable bonds is 3. The van der Waals surface area contributed by atoms with Crippen molar-refractivity contribution in [3.05, 3.63) is 68.8 Å². The highest BCUT2D eigenvalue weighted by Crippen LogP contribution is 2.41. The predicted molar refractivity (Wildman–Crippen MR) is 120 cm³/mol. The largest absolute Gasteiger partial charge is 0.466 e. The fourth-order valence-electron chi connectivity index (χ4n) is 4.29. The van der Waals surface area contributed by atoms with Crippen LogP contribution >= 0.6 is 11.3 Å². The van der Waals surface area contributed by atoms with Crippen LogP contribution in [0.4, 0.5) is 0 Å². The number of aromatic nitrogens is 1. The number of nitrogens with zero attached hydrogens (tertiary/aromatic N) is 1. The van der Waals surface area contributed by atoms with Gasteiger partial charge in [0.25, 0.3) is 0 Å². The number of fused-ring (bicyclic) bond motifs is 3. The van der Waals surface area contributed by atoms with Crippen molar-refractivity contribution >= 4 is 43.6 Å². The Balaban J connectivity index is 2.11. The number of carbonyl (C=O) groups is 2. The predicted octanol–water partition coefficient (Wildman–Crippen LogP) is 3.33. The summed E-state index contributed by atoms with van der Waals surface area (Å²) < 4.78 is 13.6. The molecule has 160 valence electrons. The molecule has 0 saturated heterocycles. The van der Waals surface area contributed by atoms with Crippen molar-refractivity contribution in [2.45, 2.75) is 19.8 Å². The van der Waals surface area contributed by atoms with Gasteiger partial charge in [-0.2, -0.15) is 0 Å². The van der Waals surface area contributed by atoms with Gasteiger partial charge in [0.1, 0.15) is 0 Å². The van der Waals surface area contributed by atoms with Crippen LogP contribution in [0.2, 0.25) is 0 Å². The van der Waals surface area contributed by atoms with Crippen molar-refractivity contribution in [1.82, 2.24) is 9.88 Å². The highest BCUT2D eigenvalue weighted by Gasteiger charge is 2.39. The second-order valence-corrected chi connectivity index (χ2v) is 8.44. The minimum absolute atomic E-state index is 0.161. The van der Waals surface area contributed by atoms with E-state index >= 15 is 0 Å². The van der Waals surface area contributed by atoms with Gasteiger partial charge in [0, 0.05) is 40.3 Å². The normalized spacial score (nSPS) is 14.9. The minimum atomic E-state index is -0.818. The molecule has 0 unspecified atom stereocenters. The zero-order valence-electron chi connectivity index (χ0n) is 17.9. The van der Waals surface area contributed by atoms with Crippen LogP contribution in [-0.2, 0) is 26.1 Å². The lowest BCUT2D eigenvalue weighted by Gasteiger charge is -2.31. The molecule has 7 nitrogen and oxygen atoms in total. The molecular formula is C23H22N2O5S. The first-order valence-corrected chi connectivity index (χ1v) is 10.5. The standard InChI is InChI=1S/C23H22N2O5S/c1-11-17(22(27)29-4)19(18(12(2)24-11)23(28)30-5)14-10-15(26)21-20(25(14)3)13-8-6-7-9-16(13)31-21/h6-10,19,24H,1-5H3. The summed E-state index contributed by atoms with van der Waals surface area (Å²) in [7, 11) is 4.42. The quantitative estimate of drug-likeness (QED) is 0.632. The molecule has 0 aliphatic carbocycles. The van der Waals surface area contributed by atoms with Gasteiger partial charge in [-0.25, -0.2) is 9.59 Å². The van der Waals surface area contributed by atoms with Gasteiger partial charge in [-0.3, -0.25) is 4.79 Å². The number of ether oxygens (including phenoxy) is 2. The summed E-state index contributed by atoms with van der Waals surface area (Å²) in [5.74, 6) is -1.97. The van der Waals surface area contributed by atoms with Crippen LogP contribution in [0.25, 0.3) is 20.3 Å². The molecule has 1 N–H and O–H groups in total. The Bertz CT molecular complexity index is 1340. The third-order valence-corrected chi connectivity index (χ3v) is 6.84. The molecule has 0 atom stereocenters. The number of dihydropyridines is 1. The Morgan fingerprint density at radius 3 is 2.19 bits per heavy atom. The molecule has 1 aliphatic heterocycles. The van der Waals surface area contributed by atoms with E-state index in [-0.39, 0.29) is 16.6 Å². The van der Waals surface area contributed by atoms with Crippen LogP contribution in [0.15, 0.2) is 57.7 Å². The maximum absolute atomic E-state index is 13.1. The van der Waals surface area contributed by atoms with E-state index < -0.39 is 17.9 Å². The number of allylic oxidation sites excluding steroid dienone is 2. The molecule has 3 heterocycles. The summed E-state index contributed by atoms with van der Waals surface area (Å²) in [6, 6.07) is 9.28. The Kier molecular flexibility index (Phi) is 5.18. The summed E-state index contributed by atoms with van der Waals surface area (Å²) in [6.45, 7) is 3.49. The van der Waals surface area contributed by atoms with Crippen LogP contribution in [0.1, 0.15) is 25.5 Å². The summed E-state index contributed by atoms with van der Waals surface area (Å²) in [5.41, 5.74) is 2.78. The van der Waals surface area contributed by atoms with Crippen molar-refractivity contribution < 1.29 is 19.1 Å². The van der Waals surface area contributed by atoms with E-state index in [0.717, 1.165) is 15.6 Å². The van der Waals surface area contributed by atoms with Gasteiger partial charge in [-0.1, -0.05) is 18.2 Å². The molecule has 0 radical (unpaired) electrons. The number of carbonyl (C=O) groups excluding carboxylic acids is 2. The maximum Gasteiger partial charge on any atom is 0.336 e. The van der Waals surface area contributed by atoms with Crippen LogP contribution < -0.4 is 10.7 Å². The SMILES string of the molecule is COC(=O)C1=C(C)NC(C)=C(C(=O)OC)C1c1cc(=O)c2sc3ccccc3c2n1C. The van der Waals surface area contributed by atoms with Crippen molar-refractivity contribution in [2.24, 2.45) is 7.05 Å². The van der Waals surface area contributed by atoms with Crippen molar-refractivity contribution in [3.8, 4) is 0 Å². The molecule has 0 saturated carbocycles. The van der Waals surface area contributed by atoms with E-state index in [1.165, 1.54) is 31.6 Å². The van der Waals surface area contributed by atoms with Gasteiger partial charge < -0.3 is 19.4 Å². The zero-order chi connectivity index (χ0) is 22.4. The first-order chi connectivity index (χ1) is 14.8. The third kappa shape index (κ3) is 3.14. The number of aryl methyl sites for hydroxylation is 1. The van der Waals surface area contributed by atoms with Gasteiger partial charge in [0.05, 0.1) is 41.5 Å². The van der Waals surface area contributed by atoms with Gasteiger partial charge in [0.15, 0.2) is 5.43 Å². The van der Waals surface area contributed by atoms with Crippen molar-refractivity contribution in [1.29, 1.82) is 0 Å². The van der Waals surface area contributed by atoms with E-state index in [1.54, 1.807) is 13.8 Å². The Hall–Kier alpha value is -3.39. The Labute approximate surface area is 182 Å². The van der Waals surface area contributed by atoms with Crippen molar-refractivity contribution in [2.75, 3.05) is 14.2 Å². The van der Waals surface area contributed by atoms with Gasteiger partial charge in [-0.05, 0) is 19.9 Å². The number of pyridine rings is 1. The van der Waals surface area contributed by atoms with Crippen LogP contribution in [0.3, 0.4) is 0 Å². The van der Waals surface area contributed by atoms with Gasteiger partial charge in [-0.15, -0.1) is 11.3 Å². The summed E-state index contributed by atoms with van der Waals surface area (Å²) >= 11 is 1.43. The molecule has 1 aliphatic rings. The van der Waals surface area contributed by atoms with Crippen molar-refractivity contribution in [3.63, 3.8) is 0 Å². The molecule has 0 amide bonds. The summed E-state index contributed by atoms with van der Waals surface area (Å²) in [4.78, 5) is 38.7. The molecule has 3 aromatic rings. The second kappa shape index (κ2) is 7.70. The van der Waals surface area contributed by atoms with Crippen LogP contribution in [0, 0.1) is 0 Å². The molecule has 31 heavy (non-hydrogen) atoms. The summed E-state index contributed by atoms with van der Waals surface area (Å²) in [5, 5.41) is 4.02. The molecule has 2 aromatic heterocycles. The smallest absolute Gasteiger partial charge is 0.336 e. The maximum atomic E-state index is 13.1. The topological polar surface area (TPSA) is 86.6 Å². The number of hydrogen-bond acceptors (Lipinski definition) is 7. The van der Waals surface area contributed by atoms with Crippen LogP contribution in [-0.4, -0.2) is 30.7 Å².